The van der Waals surface area contributed by atoms with Crippen molar-refractivity contribution in [3.8, 4) is 0 Å². The van der Waals surface area contributed by atoms with Crippen molar-refractivity contribution >= 4 is 17.7 Å². The van der Waals surface area contributed by atoms with Crippen LogP contribution in [-0.2, 0) is 9.53 Å². The smallest absolute Gasteiger partial charge is 0.236 e. The van der Waals surface area contributed by atoms with E-state index in [2.05, 4.69) is 23.8 Å². The number of carbonyl (C=O) groups excluding carboxylic acids is 1. The molecule has 0 spiro atoms. The lowest BCUT2D eigenvalue weighted by Gasteiger charge is -2.21. The van der Waals surface area contributed by atoms with Crippen LogP contribution in [0.3, 0.4) is 0 Å². The normalized spacial score (nSPS) is 14.5. The summed E-state index contributed by atoms with van der Waals surface area (Å²) in [5, 5.41) is 6.14. The molecule has 16 heavy (non-hydrogen) atoms. The van der Waals surface area contributed by atoms with Crippen LogP contribution in [0.15, 0.2) is 0 Å². The summed E-state index contributed by atoms with van der Waals surface area (Å²) in [4.78, 5) is 11.6. The predicted molar refractivity (Wildman–Crippen MR) is 69.9 cm³/mol. The molecule has 2 atom stereocenters. The molecule has 2 unspecified atom stereocenters. The Bertz CT molecular complexity index is 191. The standard InChI is InChI=1S/C11H24N2O2S/c1-5-10(8-16-4)13-9(2)11(14)12-6-7-15-3/h9-10,13H,5-8H2,1-4H3,(H,12,14). The second-order valence-corrected chi connectivity index (χ2v) is 4.64. The van der Waals surface area contributed by atoms with Crippen LogP contribution in [-0.4, -0.2) is 50.3 Å². The second-order valence-electron chi connectivity index (χ2n) is 3.73. The van der Waals surface area contributed by atoms with Gasteiger partial charge in [-0.2, -0.15) is 11.8 Å². The first-order valence-electron chi connectivity index (χ1n) is 5.67. The third kappa shape index (κ3) is 7.09. The van der Waals surface area contributed by atoms with E-state index >= 15 is 0 Å². The SMILES string of the molecule is CCC(CSC)NC(C)C(=O)NCCOC. The zero-order valence-corrected chi connectivity index (χ0v) is 11.5. The van der Waals surface area contributed by atoms with E-state index < -0.39 is 0 Å². The largest absolute Gasteiger partial charge is 0.383 e. The Morgan fingerprint density at radius 1 is 1.50 bits per heavy atom. The van der Waals surface area contributed by atoms with E-state index in [0.29, 0.717) is 19.2 Å². The molecule has 2 N–H and O–H groups in total. The number of rotatable bonds is 9. The fourth-order valence-corrected chi connectivity index (χ4v) is 2.08. The highest BCUT2D eigenvalue weighted by Crippen LogP contribution is 2.02. The summed E-state index contributed by atoms with van der Waals surface area (Å²) in [5.41, 5.74) is 0. The molecule has 96 valence electrons. The summed E-state index contributed by atoms with van der Waals surface area (Å²) in [6.45, 7) is 5.15. The highest BCUT2D eigenvalue weighted by atomic mass is 32.2. The molecule has 0 aliphatic rings. The summed E-state index contributed by atoms with van der Waals surface area (Å²) >= 11 is 1.80. The Kier molecular flexibility index (Phi) is 9.77. The minimum absolute atomic E-state index is 0.0385. The van der Waals surface area contributed by atoms with Crippen molar-refractivity contribution in [2.24, 2.45) is 0 Å². The Morgan fingerprint density at radius 2 is 2.19 bits per heavy atom. The topological polar surface area (TPSA) is 50.4 Å². The third-order valence-corrected chi connectivity index (χ3v) is 3.08. The van der Waals surface area contributed by atoms with E-state index in [0.717, 1.165) is 12.2 Å². The zero-order valence-electron chi connectivity index (χ0n) is 10.7. The first-order valence-corrected chi connectivity index (χ1v) is 7.06. The van der Waals surface area contributed by atoms with Gasteiger partial charge in [-0.25, -0.2) is 0 Å². The van der Waals surface area contributed by atoms with E-state index in [1.807, 2.05) is 6.92 Å². The number of thioether (sulfide) groups is 1. The van der Waals surface area contributed by atoms with Crippen LogP contribution in [0.4, 0.5) is 0 Å². The van der Waals surface area contributed by atoms with Gasteiger partial charge in [0.05, 0.1) is 12.6 Å². The number of methoxy groups -OCH3 is 1. The molecule has 1 amide bonds. The van der Waals surface area contributed by atoms with Gasteiger partial charge in [-0.1, -0.05) is 6.92 Å². The number of amides is 1. The molecule has 0 aliphatic carbocycles. The van der Waals surface area contributed by atoms with Gasteiger partial charge in [-0.3, -0.25) is 4.79 Å². The summed E-state index contributed by atoms with van der Waals surface area (Å²) in [6.07, 6.45) is 3.12. The quantitative estimate of drug-likeness (QED) is 0.595. The van der Waals surface area contributed by atoms with Crippen molar-refractivity contribution in [1.29, 1.82) is 0 Å². The lowest BCUT2D eigenvalue weighted by atomic mass is 10.2. The monoisotopic (exact) mass is 248 g/mol. The molecule has 4 nitrogen and oxygen atoms in total. The Labute approximate surface area is 103 Å². The lowest BCUT2D eigenvalue weighted by Crippen LogP contribution is -2.47. The van der Waals surface area contributed by atoms with Gasteiger partial charge in [-0.15, -0.1) is 0 Å². The third-order valence-electron chi connectivity index (χ3n) is 2.35. The van der Waals surface area contributed by atoms with Gasteiger partial charge in [0, 0.05) is 25.4 Å². The fraction of sp³-hybridized carbons (Fsp3) is 0.909. The summed E-state index contributed by atoms with van der Waals surface area (Å²) in [5.74, 6) is 1.07. The van der Waals surface area contributed by atoms with Gasteiger partial charge in [-0.05, 0) is 19.6 Å². The molecule has 0 fully saturated rings. The number of hydrogen-bond donors (Lipinski definition) is 2. The molecule has 0 aromatic carbocycles. The molecule has 0 heterocycles. The van der Waals surface area contributed by atoms with E-state index in [-0.39, 0.29) is 11.9 Å². The number of ether oxygens (including phenoxy) is 1. The van der Waals surface area contributed by atoms with Crippen molar-refractivity contribution in [2.75, 3.05) is 32.3 Å². The Balaban J connectivity index is 3.83. The van der Waals surface area contributed by atoms with Crippen LogP contribution < -0.4 is 10.6 Å². The summed E-state index contributed by atoms with van der Waals surface area (Å²) < 4.78 is 4.87. The summed E-state index contributed by atoms with van der Waals surface area (Å²) in [6, 6.07) is 0.257. The first kappa shape index (κ1) is 15.7. The van der Waals surface area contributed by atoms with Crippen LogP contribution in [0, 0.1) is 0 Å². The van der Waals surface area contributed by atoms with Crippen molar-refractivity contribution < 1.29 is 9.53 Å². The molecule has 0 aromatic heterocycles. The maximum Gasteiger partial charge on any atom is 0.236 e. The molecule has 0 saturated heterocycles. The molecule has 0 aliphatic heterocycles. The molecule has 0 bridgehead atoms. The molecule has 0 aromatic rings. The minimum atomic E-state index is -0.144. The van der Waals surface area contributed by atoms with Crippen LogP contribution in [0.1, 0.15) is 20.3 Å². The predicted octanol–water partition coefficient (Wildman–Crippen LogP) is 0.869. The van der Waals surface area contributed by atoms with E-state index in [1.165, 1.54) is 0 Å². The van der Waals surface area contributed by atoms with Gasteiger partial charge in [0.15, 0.2) is 0 Å². The average molecular weight is 248 g/mol. The van der Waals surface area contributed by atoms with Crippen molar-refractivity contribution in [2.45, 2.75) is 32.4 Å². The average Bonchev–Trinajstić information content (AvgIpc) is 2.28. The van der Waals surface area contributed by atoms with E-state index in [4.69, 9.17) is 4.74 Å². The molecule has 0 radical (unpaired) electrons. The number of nitrogens with one attached hydrogen (secondary N) is 2. The highest BCUT2D eigenvalue weighted by molar-refractivity contribution is 7.98. The van der Waals surface area contributed by atoms with Gasteiger partial charge >= 0.3 is 0 Å². The molecule has 5 heteroatoms. The summed E-state index contributed by atoms with van der Waals surface area (Å²) in [7, 11) is 1.62. The van der Waals surface area contributed by atoms with Crippen LogP contribution >= 0.6 is 11.8 Å². The van der Waals surface area contributed by atoms with Crippen molar-refractivity contribution in [3.05, 3.63) is 0 Å². The molecule has 0 rings (SSSR count). The van der Waals surface area contributed by atoms with E-state index in [9.17, 15) is 4.79 Å². The van der Waals surface area contributed by atoms with Gasteiger partial charge in [0.1, 0.15) is 0 Å². The Morgan fingerprint density at radius 3 is 2.69 bits per heavy atom. The molecular weight excluding hydrogens is 224 g/mol. The fourth-order valence-electron chi connectivity index (χ4n) is 1.34. The minimum Gasteiger partial charge on any atom is -0.383 e. The highest BCUT2D eigenvalue weighted by Gasteiger charge is 2.15. The van der Waals surface area contributed by atoms with Crippen molar-refractivity contribution in [1.82, 2.24) is 10.6 Å². The number of carbonyl (C=O) groups is 1. The maximum absolute atomic E-state index is 11.6. The van der Waals surface area contributed by atoms with Gasteiger partial charge in [0.2, 0.25) is 5.91 Å². The molecular formula is C11H24N2O2S. The van der Waals surface area contributed by atoms with Crippen molar-refractivity contribution in [3.63, 3.8) is 0 Å². The first-order chi connectivity index (χ1) is 7.65. The van der Waals surface area contributed by atoms with E-state index in [1.54, 1.807) is 18.9 Å². The number of hydrogen-bond acceptors (Lipinski definition) is 4. The molecule has 0 saturated carbocycles. The van der Waals surface area contributed by atoms with Gasteiger partial charge < -0.3 is 15.4 Å². The zero-order chi connectivity index (χ0) is 12.4. The lowest BCUT2D eigenvalue weighted by molar-refractivity contribution is -0.123. The van der Waals surface area contributed by atoms with Gasteiger partial charge in [0.25, 0.3) is 0 Å². The van der Waals surface area contributed by atoms with Crippen LogP contribution in [0.5, 0.6) is 0 Å². The van der Waals surface area contributed by atoms with Crippen LogP contribution in [0.2, 0.25) is 0 Å². The Hall–Kier alpha value is -0.260. The van der Waals surface area contributed by atoms with Crippen LogP contribution in [0.25, 0.3) is 0 Å². The second kappa shape index (κ2) is 9.93. The maximum atomic E-state index is 11.6.